The van der Waals surface area contributed by atoms with Crippen molar-refractivity contribution >= 4 is 0 Å². The van der Waals surface area contributed by atoms with Crippen LogP contribution in [-0.2, 0) is 10.3 Å². The molecule has 2 fully saturated rings. The Morgan fingerprint density at radius 2 is 1.90 bits per heavy atom. The van der Waals surface area contributed by atoms with Crippen molar-refractivity contribution in [2.45, 2.75) is 43.7 Å². The number of hydrogen-bond acceptors (Lipinski definition) is 3. The molecular weight excluding hydrogens is 250 g/mol. The molecule has 0 spiro atoms. The van der Waals surface area contributed by atoms with E-state index in [9.17, 15) is 5.11 Å². The molecule has 3 heteroatoms. The zero-order valence-corrected chi connectivity index (χ0v) is 12.1. The van der Waals surface area contributed by atoms with Crippen LogP contribution >= 0.6 is 0 Å². The molecule has 2 aliphatic carbocycles. The van der Waals surface area contributed by atoms with E-state index in [4.69, 9.17) is 4.74 Å². The summed E-state index contributed by atoms with van der Waals surface area (Å²) in [6.45, 7) is 1.73. The van der Waals surface area contributed by atoms with Crippen molar-refractivity contribution in [3.63, 3.8) is 0 Å². The third-order valence-electron chi connectivity index (χ3n) is 4.38. The number of benzene rings is 1. The minimum atomic E-state index is -0.341. The second-order valence-corrected chi connectivity index (χ2v) is 6.29. The van der Waals surface area contributed by atoms with Crippen LogP contribution in [0.5, 0.6) is 0 Å². The predicted octanol–water partition coefficient (Wildman–Crippen LogP) is 2.44. The maximum Gasteiger partial charge on any atom is 0.0693 e. The highest BCUT2D eigenvalue weighted by Crippen LogP contribution is 2.32. The van der Waals surface area contributed by atoms with Crippen LogP contribution in [0.25, 0.3) is 0 Å². The van der Waals surface area contributed by atoms with Gasteiger partial charge in [-0.1, -0.05) is 30.3 Å². The third-order valence-corrected chi connectivity index (χ3v) is 4.38. The Hall–Kier alpha value is -0.900. The molecule has 2 saturated carbocycles. The summed E-state index contributed by atoms with van der Waals surface area (Å²) in [6, 6.07) is 10.9. The molecule has 0 heterocycles. The Balaban J connectivity index is 1.63. The minimum Gasteiger partial charge on any atom is -0.394 e. The van der Waals surface area contributed by atoms with Gasteiger partial charge in [-0.15, -0.1) is 0 Å². The lowest BCUT2D eigenvalue weighted by Gasteiger charge is -2.34. The molecule has 0 aromatic heterocycles. The predicted molar refractivity (Wildman–Crippen MR) is 79.5 cm³/mol. The summed E-state index contributed by atoms with van der Waals surface area (Å²) < 4.78 is 5.79. The first-order valence-electron chi connectivity index (χ1n) is 7.84. The fourth-order valence-corrected chi connectivity index (χ4v) is 2.67. The van der Waals surface area contributed by atoms with Crippen molar-refractivity contribution < 1.29 is 9.84 Å². The zero-order chi connectivity index (χ0) is 13.8. The molecule has 2 N–H and O–H groups in total. The Labute approximate surface area is 121 Å². The molecule has 1 aromatic carbocycles. The van der Waals surface area contributed by atoms with Crippen LogP contribution in [0, 0.1) is 5.92 Å². The lowest BCUT2D eigenvalue weighted by atomic mass is 9.87. The number of aliphatic hydroxyl groups is 1. The Morgan fingerprint density at radius 1 is 1.15 bits per heavy atom. The van der Waals surface area contributed by atoms with Gasteiger partial charge in [0.1, 0.15) is 0 Å². The molecule has 110 valence electrons. The quantitative estimate of drug-likeness (QED) is 0.680. The molecule has 1 atom stereocenters. The van der Waals surface area contributed by atoms with Crippen molar-refractivity contribution in [1.29, 1.82) is 0 Å². The van der Waals surface area contributed by atoms with E-state index >= 15 is 0 Å². The minimum absolute atomic E-state index is 0.125. The topological polar surface area (TPSA) is 41.5 Å². The number of ether oxygens (including phenoxy) is 1. The molecular formula is C17H25NO2. The Bertz CT molecular complexity index is 414. The number of rotatable bonds is 9. The van der Waals surface area contributed by atoms with Gasteiger partial charge in [-0.3, -0.25) is 0 Å². The van der Waals surface area contributed by atoms with Gasteiger partial charge in [-0.2, -0.15) is 0 Å². The molecule has 0 saturated heterocycles. The van der Waals surface area contributed by atoms with Crippen molar-refractivity contribution in [2.24, 2.45) is 5.92 Å². The summed E-state index contributed by atoms with van der Waals surface area (Å²) in [5, 5.41) is 13.7. The van der Waals surface area contributed by atoms with Crippen molar-refractivity contribution in [1.82, 2.24) is 5.32 Å². The van der Waals surface area contributed by atoms with Gasteiger partial charge in [0, 0.05) is 19.3 Å². The van der Waals surface area contributed by atoms with Gasteiger partial charge in [0.05, 0.1) is 12.1 Å². The highest BCUT2D eigenvalue weighted by Gasteiger charge is 2.37. The maximum atomic E-state index is 10.0. The van der Waals surface area contributed by atoms with Crippen LogP contribution < -0.4 is 5.32 Å². The lowest BCUT2D eigenvalue weighted by molar-refractivity contribution is 0.0728. The van der Waals surface area contributed by atoms with E-state index in [1.165, 1.54) is 31.2 Å². The maximum absolute atomic E-state index is 10.0. The number of aliphatic hydroxyl groups excluding tert-OH is 1. The van der Waals surface area contributed by atoms with E-state index in [0.717, 1.165) is 18.9 Å². The SMILES string of the molecule is OCC(CCOCC1CC1)(NC1CC1)c1ccccc1. The lowest BCUT2D eigenvalue weighted by Crippen LogP contribution is -2.47. The summed E-state index contributed by atoms with van der Waals surface area (Å²) in [5.41, 5.74) is 0.829. The van der Waals surface area contributed by atoms with Crippen LogP contribution in [0.2, 0.25) is 0 Å². The molecule has 1 unspecified atom stereocenters. The van der Waals surface area contributed by atoms with Gasteiger partial charge in [0.25, 0.3) is 0 Å². The van der Waals surface area contributed by atoms with Crippen LogP contribution in [0.3, 0.4) is 0 Å². The van der Waals surface area contributed by atoms with E-state index in [1.54, 1.807) is 0 Å². The fourth-order valence-electron chi connectivity index (χ4n) is 2.67. The van der Waals surface area contributed by atoms with Crippen LogP contribution in [0.1, 0.15) is 37.7 Å². The van der Waals surface area contributed by atoms with Gasteiger partial charge in [0.2, 0.25) is 0 Å². The van der Waals surface area contributed by atoms with E-state index in [0.29, 0.717) is 12.6 Å². The molecule has 0 radical (unpaired) electrons. The van der Waals surface area contributed by atoms with E-state index in [1.807, 2.05) is 18.2 Å². The van der Waals surface area contributed by atoms with Gasteiger partial charge in [-0.05, 0) is 43.6 Å². The van der Waals surface area contributed by atoms with Crippen molar-refractivity contribution in [3.05, 3.63) is 35.9 Å². The number of hydrogen-bond donors (Lipinski definition) is 2. The molecule has 1 aromatic rings. The summed E-state index contributed by atoms with van der Waals surface area (Å²) >= 11 is 0. The first-order chi connectivity index (χ1) is 9.82. The second-order valence-electron chi connectivity index (χ2n) is 6.29. The highest BCUT2D eigenvalue weighted by molar-refractivity contribution is 5.25. The van der Waals surface area contributed by atoms with Crippen LogP contribution in [0.4, 0.5) is 0 Å². The summed E-state index contributed by atoms with van der Waals surface area (Å²) in [5.74, 6) is 0.798. The molecule has 0 amide bonds. The fraction of sp³-hybridized carbons (Fsp3) is 0.647. The van der Waals surface area contributed by atoms with Crippen LogP contribution in [0.15, 0.2) is 30.3 Å². The highest BCUT2D eigenvalue weighted by atomic mass is 16.5. The normalized spacial score (nSPS) is 21.6. The van der Waals surface area contributed by atoms with Gasteiger partial charge < -0.3 is 15.2 Å². The molecule has 0 bridgehead atoms. The van der Waals surface area contributed by atoms with Gasteiger partial charge in [0.15, 0.2) is 0 Å². The largest absolute Gasteiger partial charge is 0.394 e. The van der Waals surface area contributed by atoms with Gasteiger partial charge >= 0.3 is 0 Å². The van der Waals surface area contributed by atoms with Crippen LogP contribution in [-0.4, -0.2) is 31.0 Å². The van der Waals surface area contributed by atoms with Crippen molar-refractivity contribution in [2.75, 3.05) is 19.8 Å². The average molecular weight is 275 g/mol. The second kappa shape index (κ2) is 6.25. The van der Waals surface area contributed by atoms with E-state index in [2.05, 4.69) is 17.4 Å². The molecule has 20 heavy (non-hydrogen) atoms. The Kier molecular flexibility index (Phi) is 4.39. The zero-order valence-electron chi connectivity index (χ0n) is 12.1. The summed E-state index contributed by atoms with van der Waals surface area (Å²) in [4.78, 5) is 0. The number of nitrogens with one attached hydrogen (secondary N) is 1. The summed E-state index contributed by atoms with van der Waals surface area (Å²) in [7, 11) is 0. The first-order valence-corrected chi connectivity index (χ1v) is 7.84. The van der Waals surface area contributed by atoms with E-state index in [-0.39, 0.29) is 12.1 Å². The van der Waals surface area contributed by atoms with Crippen molar-refractivity contribution in [3.8, 4) is 0 Å². The Morgan fingerprint density at radius 3 is 2.50 bits per heavy atom. The standard InChI is InChI=1S/C17H25NO2/c19-13-17(18-16-8-9-16,15-4-2-1-3-5-15)10-11-20-12-14-6-7-14/h1-5,14,16,18-19H,6-13H2. The first kappa shape index (κ1) is 14.1. The van der Waals surface area contributed by atoms with Gasteiger partial charge in [-0.25, -0.2) is 0 Å². The molecule has 0 aliphatic heterocycles. The van der Waals surface area contributed by atoms with E-state index < -0.39 is 0 Å². The smallest absolute Gasteiger partial charge is 0.0693 e. The summed E-state index contributed by atoms with van der Waals surface area (Å²) in [6.07, 6.45) is 5.92. The molecule has 2 aliphatic rings. The average Bonchev–Trinajstić information content (AvgIpc) is 3.38. The third kappa shape index (κ3) is 3.60. The molecule has 3 rings (SSSR count). The monoisotopic (exact) mass is 275 g/mol. The molecule has 3 nitrogen and oxygen atoms in total.